The number of halogens is 4. The molecule has 1 rings (SSSR count). The molecular formula is C9H11F4N3O2. The molecule has 0 spiro atoms. The number of anilines is 1. The van der Waals surface area contributed by atoms with Crippen molar-refractivity contribution in [3.8, 4) is 0 Å². The van der Waals surface area contributed by atoms with E-state index in [4.69, 9.17) is 5.73 Å². The van der Waals surface area contributed by atoms with Crippen LogP contribution in [0, 0.1) is 6.92 Å². The molecule has 0 radical (unpaired) electrons. The maximum Gasteiger partial charge on any atom is 0.360 e. The minimum absolute atomic E-state index is 0.0757. The molecule has 0 amide bonds. The SMILES string of the molecule is COC(=O)c1nc(C)n(CC(F)(F)C(F)F)c1N. The molecule has 0 aliphatic carbocycles. The molecule has 1 aromatic heterocycles. The minimum Gasteiger partial charge on any atom is -0.464 e. The predicted octanol–water partition coefficient (Wildman–Crippen LogP) is 1.46. The average molecular weight is 269 g/mol. The molecule has 102 valence electrons. The Labute approximate surface area is 99.5 Å². The van der Waals surface area contributed by atoms with Crippen LogP contribution in [0.3, 0.4) is 0 Å². The van der Waals surface area contributed by atoms with Gasteiger partial charge in [0.15, 0.2) is 5.69 Å². The number of rotatable bonds is 4. The van der Waals surface area contributed by atoms with E-state index in [-0.39, 0.29) is 11.5 Å². The first-order valence-electron chi connectivity index (χ1n) is 4.77. The normalized spacial score (nSPS) is 11.9. The molecule has 0 bridgehead atoms. The lowest BCUT2D eigenvalue weighted by Crippen LogP contribution is -2.33. The zero-order chi connectivity index (χ0) is 14.1. The Morgan fingerprint density at radius 3 is 2.56 bits per heavy atom. The number of esters is 1. The molecule has 0 atom stereocenters. The number of carbonyl (C=O) groups excluding carboxylic acids is 1. The third kappa shape index (κ3) is 2.54. The van der Waals surface area contributed by atoms with Crippen LogP contribution < -0.4 is 5.73 Å². The van der Waals surface area contributed by atoms with Crippen LogP contribution in [0.2, 0.25) is 0 Å². The molecule has 1 aromatic rings. The molecule has 0 aliphatic heterocycles. The van der Waals surface area contributed by atoms with Gasteiger partial charge >= 0.3 is 18.3 Å². The van der Waals surface area contributed by atoms with Crippen molar-refractivity contribution in [3.05, 3.63) is 11.5 Å². The highest BCUT2D eigenvalue weighted by molar-refractivity contribution is 5.92. The summed E-state index contributed by atoms with van der Waals surface area (Å²) in [6, 6.07) is 0. The molecular weight excluding hydrogens is 258 g/mol. The van der Waals surface area contributed by atoms with Gasteiger partial charge in [-0.3, -0.25) is 0 Å². The molecule has 18 heavy (non-hydrogen) atoms. The highest BCUT2D eigenvalue weighted by Crippen LogP contribution is 2.27. The fraction of sp³-hybridized carbons (Fsp3) is 0.556. The Kier molecular flexibility index (Phi) is 3.82. The van der Waals surface area contributed by atoms with Crippen LogP contribution in [-0.2, 0) is 11.3 Å². The third-order valence-corrected chi connectivity index (χ3v) is 2.26. The number of aryl methyl sites for hydroxylation is 1. The van der Waals surface area contributed by atoms with Gasteiger partial charge < -0.3 is 15.0 Å². The first-order valence-corrected chi connectivity index (χ1v) is 4.77. The van der Waals surface area contributed by atoms with Crippen LogP contribution in [0.5, 0.6) is 0 Å². The van der Waals surface area contributed by atoms with Crippen molar-refractivity contribution in [3.63, 3.8) is 0 Å². The molecule has 0 aromatic carbocycles. The largest absolute Gasteiger partial charge is 0.464 e. The summed E-state index contributed by atoms with van der Waals surface area (Å²) in [6.45, 7) is -0.0866. The maximum atomic E-state index is 12.9. The van der Waals surface area contributed by atoms with E-state index < -0.39 is 30.7 Å². The number of imidazole rings is 1. The summed E-state index contributed by atoms with van der Waals surface area (Å²) in [5.74, 6) is -5.69. The van der Waals surface area contributed by atoms with Crippen molar-refractivity contribution in [1.82, 2.24) is 9.55 Å². The molecule has 0 saturated heterocycles. The number of nitrogens with two attached hydrogens (primary N) is 1. The summed E-state index contributed by atoms with van der Waals surface area (Å²) in [5.41, 5.74) is 5.03. The van der Waals surface area contributed by atoms with Gasteiger partial charge in [0.1, 0.15) is 11.6 Å². The second-order valence-corrected chi connectivity index (χ2v) is 3.53. The quantitative estimate of drug-likeness (QED) is 0.663. The Morgan fingerprint density at radius 2 is 2.11 bits per heavy atom. The van der Waals surface area contributed by atoms with Crippen molar-refractivity contribution in [2.75, 3.05) is 12.8 Å². The van der Waals surface area contributed by atoms with Gasteiger partial charge in [0.25, 0.3) is 0 Å². The summed E-state index contributed by atoms with van der Waals surface area (Å²) >= 11 is 0. The van der Waals surface area contributed by atoms with Gasteiger partial charge in [-0.15, -0.1) is 0 Å². The van der Waals surface area contributed by atoms with E-state index in [0.717, 1.165) is 7.11 Å². The summed E-state index contributed by atoms with van der Waals surface area (Å²) in [5, 5.41) is 0. The van der Waals surface area contributed by atoms with E-state index in [0.29, 0.717) is 4.57 Å². The van der Waals surface area contributed by atoms with Crippen LogP contribution in [-0.4, -0.2) is 35.0 Å². The molecule has 9 heteroatoms. The Morgan fingerprint density at radius 1 is 1.56 bits per heavy atom. The number of methoxy groups -OCH3 is 1. The second-order valence-electron chi connectivity index (χ2n) is 3.53. The first-order chi connectivity index (χ1) is 8.20. The molecule has 2 N–H and O–H groups in total. The van der Waals surface area contributed by atoms with E-state index in [1.807, 2.05) is 0 Å². The molecule has 5 nitrogen and oxygen atoms in total. The molecule has 1 heterocycles. The van der Waals surface area contributed by atoms with Crippen LogP contribution in [0.4, 0.5) is 23.4 Å². The van der Waals surface area contributed by atoms with E-state index in [2.05, 4.69) is 9.72 Å². The summed E-state index contributed by atoms with van der Waals surface area (Å²) in [6.07, 6.45) is -3.83. The lowest BCUT2D eigenvalue weighted by molar-refractivity contribution is -0.137. The predicted molar refractivity (Wildman–Crippen MR) is 53.7 cm³/mol. The van der Waals surface area contributed by atoms with Crippen LogP contribution in [0.25, 0.3) is 0 Å². The van der Waals surface area contributed by atoms with Gasteiger partial charge in [0, 0.05) is 0 Å². The van der Waals surface area contributed by atoms with Gasteiger partial charge in [-0.2, -0.15) is 8.78 Å². The van der Waals surface area contributed by atoms with Crippen LogP contribution in [0.1, 0.15) is 16.3 Å². The molecule has 0 aliphatic rings. The number of aromatic nitrogens is 2. The second kappa shape index (κ2) is 4.83. The molecule has 0 unspecified atom stereocenters. The van der Waals surface area contributed by atoms with Crippen molar-refractivity contribution >= 4 is 11.8 Å². The smallest absolute Gasteiger partial charge is 0.360 e. The highest BCUT2D eigenvalue weighted by atomic mass is 19.3. The van der Waals surface area contributed by atoms with Gasteiger partial charge in [-0.1, -0.05) is 0 Å². The van der Waals surface area contributed by atoms with Crippen molar-refractivity contribution in [1.29, 1.82) is 0 Å². The fourth-order valence-corrected chi connectivity index (χ4v) is 1.31. The number of nitrogens with zero attached hydrogens (tertiary/aromatic N) is 2. The van der Waals surface area contributed by atoms with Gasteiger partial charge in [-0.05, 0) is 6.92 Å². The fourth-order valence-electron chi connectivity index (χ4n) is 1.31. The van der Waals surface area contributed by atoms with Crippen LogP contribution in [0.15, 0.2) is 0 Å². The Hall–Kier alpha value is -1.80. The highest BCUT2D eigenvalue weighted by Gasteiger charge is 2.42. The number of hydrogen-bond acceptors (Lipinski definition) is 4. The summed E-state index contributed by atoms with van der Waals surface area (Å²) in [7, 11) is 1.06. The zero-order valence-corrected chi connectivity index (χ0v) is 9.58. The number of carbonyl (C=O) groups is 1. The van der Waals surface area contributed by atoms with Crippen molar-refractivity contribution in [2.45, 2.75) is 25.8 Å². The van der Waals surface area contributed by atoms with Crippen LogP contribution >= 0.6 is 0 Å². The summed E-state index contributed by atoms with van der Waals surface area (Å²) in [4.78, 5) is 14.8. The van der Waals surface area contributed by atoms with E-state index in [9.17, 15) is 22.4 Å². The van der Waals surface area contributed by atoms with Gasteiger partial charge in [0.2, 0.25) is 0 Å². The minimum atomic E-state index is -4.26. The third-order valence-electron chi connectivity index (χ3n) is 2.26. The average Bonchev–Trinajstić information content (AvgIpc) is 2.55. The number of hydrogen-bond donors (Lipinski definition) is 1. The van der Waals surface area contributed by atoms with E-state index in [1.165, 1.54) is 6.92 Å². The lowest BCUT2D eigenvalue weighted by Gasteiger charge is -2.17. The van der Waals surface area contributed by atoms with Crippen molar-refractivity contribution < 1.29 is 27.1 Å². The Balaban J connectivity index is 3.12. The number of alkyl halides is 4. The number of ether oxygens (including phenoxy) is 1. The monoisotopic (exact) mass is 269 g/mol. The summed E-state index contributed by atoms with van der Waals surface area (Å²) < 4.78 is 55.0. The molecule has 0 fully saturated rings. The maximum absolute atomic E-state index is 12.9. The number of nitrogen functional groups attached to an aromatic ring is 1. The molecule has 0 saturated carbocycles. The van der Waals surface area contributed by atoms with Crippen molar-refractivity contribution in [2.24, 2.45) is 0 Å². The first kappa shape index (κ1) is 14.3. The zero-order valence-electron chi connectivity index (χ0n) is 9.58. The van der Waals surface area contributed by atoms with Gasteiger partial charge in [-0.25, -0.2) is 18.6 Å². The topological polar surface area (TPSA) is 70.1 Å². The standard InChI is InChI=1S/C9H11F4N3O2/c1-4-15-5(7(17)18-2)6(14)16(4)3-9(12,13)8(10)11/h8H,3,14H2,1-2H3. The van der Waals surface area contributed by atoms with E-state index in [1.54, 1.807) is 0 Å². The lowest BCUT2D eigenvalue weighted by atomic mass is 10.3. The Bertz CT molecular complexity index is 459. The van der Waals surface area contributed by atoms with Gasteiger partial charge in [0.05, 0.1) is 13.7 Å². The van der Waals surface area contributed by atoms with E-state index >= 15 is 0 Å².